The lowest BCUT2D eigenvalue weighted by Crippen LogP contribution is -2.49. The van der Waals surface area contributed by atoms with E-state index in [0.29, 0.717) is 11.5 Å². The summed E-state index contributed by atoms with van der Waals surface area (Å²) in [6.45, 7) is 8.05. The summed E-state index contributed by atoms with van der Waals surface area (Å²) in [5, 5.41) is 1.84. The number of amides is 1. The van der Waals surface area contributed by atoms with Crippen molar-refractivity contribution < 1.29 is 4.79 Å². The van der Waals surface area contributed by atoms with Gasteiger partial charge in [0.15, 0.2) is 0 Å². The molecule has 0 spiro atoms. The molecule has 0 bridgehead atoms. The highest BCUT2D eigenvalue weighted by molar-refractivity contribution is 6.42. The standard InChI is InChI=1S/C11H16ClN3O/c1-6-5-7-13-10(11(2,3)4)14-15(7)9(16)8(6)12/h7H,5H2,1-4H3,(H,13,14). The Labute approximate surface area is 100 Å². The van der Waals surface area contributed by atoms with E-state index in [0.717, 1.165) is 11.4 Å². The Morgan fingerprint density at radius 1 is 1.50 bits per heavy atom. The van der Waals surface area contributed by atoms with Crippen LogP contribution < -0.4 is 5.43 Å². The number of hydrogen-bond donors (Lipinski definition) is 1. The molecule has 4 nitrogen and oxygen atoms in total. The third kappa shape index (κ3) is 1.71. The number of nitrogens with one attached hydrogen (secondary N) is 1. The minimum Gasteiger partial charge on any atom is -0.280 e. The van der Waals surface area contributed by atoms with Crippen LogP contribution in [0.1, 0.15) is 34.1 Å². The van der Waals surface area contributed by atoms with Gasteiger partial charge in [-0.05, 0) is 12.5 Å². The first-order valence-electron chi connectivity index (χ1n) is 5.34. The molecule has 2 aliphatic rings. The number of hydrazine groups is 1. The molecular weight excluding hydrogens is 226 g/mol. The molecule has 16 heavy (non-hydrogen) atoms. The SMILES string of the molecule is CC1=C(Cl)C(=O)N2NC(C(C)(C)C)=NC2C1. The monoisotopic (exact) mass is 241 g/mol. The second kappa shape index (κ2) is 3.48. The lowest BCUT2D eigenvalue weighted by atomic mass is 9.95. The molecule has 1 N–H and O–H groups in total. The van der Waals surface area contributed by atoms with E-state index >= 15 is 0 Å². The van der Waals surface area contributed by atoms with Gasteiger partial charge >= 0.3 is 0 Å². The average molecular weight is 242 g/mol. The van der Waals surface area contributed by atoms with Crippen molar-refractivity contribution in [2.45, 2.75) is 40.3 Å². The molecule has 2 rings (SSSR count). The number of nitrogens with zero attached hydrogens (tertiary/aromatic N) is 2. The minimum atomic E-state index is -0.182. The number of carbonyl (C=O) groups is 1. The van der Waals surface area contributed by atoms with Gasteiger partial charge in [0.05, 0.1) is 0 Å². The highest BCUT2D eigenvalue weighted by atomic mass is 35.5. The Kier molecular flexibility index (Phi) is 2.49. The predicted molar refractivity (Wildman–Crippen MR) is 63.8 cm³/mol. The van der Waals surface area contributed by atoms with E-state index < -0.39 is 0 Å². The van der Waals surface area contributed by atoms with Crippen LogP contribution in [0.5, 0.6) is 0 Å². The van der Waals surface area contributed by atoms with Crippen molar-refractivity contribution >= 4 is 23.3 Å². The van der Waals surface area contributed by atoms with Crippen LogP contribution in [0.25, 0.3) is 0 Å². The Bertz CT molecular complexity index is 406. The maximum atomic E-state index is 11.9. The van der Waals surface area contributed by atoms with E-state index in [1.165, 1.54) is 5.01 Å². The molecule has 1 atom stereocenters. The summed E-state index contributed by atoms with van der Waals surface area (Å²) < 4.78 is 0. The molecule has 0 aromatic carbocycles. The smallest absolute Gasteiger partial charge is 0.280 e. The molecule has 0 fully saturated rings. The van der Waals surface area contributed by atoms with Gasteiger partial charge in [-0.1, -0.05) is 32.4 Å². The Morgan fingerprint density at radius 2 is 2.12 bits per heavy atom. The van der Waals surface area contributed by atoms with Gasteiger partial charge in [0.25, 0.3) is 5.91 Å². The zero-order valence-corrected chi connectivity index (χ0v) is 10.7. The van der Waals surface area contributed by atoms with E-state index in [1.54, 1.807) is 0 Å². The van der Waals surface area contributed by atoms with E-state index in [9.17, 15) is 4.79 Å². The van der Waals surface area contributed by atoms with Crippen molar-refractivity contribution in [2.24, 2.45) is 10.4 Å². The number of halogens is 1. The zero-order chi connectivity index (χ0) is 12.1. The number of hydrogen-bond acceptors (Lipinski definition) is 3. The molecule has 88 valence electrons. The van der Waals surface area contributed by atoms with Crippen LogP contribution in [0.3, 0.4) is 0 Å². The molecule has 1 amide bonds. The summed E-state index contributed by atoms with van der Waals surface area (Å²) in [6.07, 6.45) is 0.571. The second-order valence-electron chi connectivity index (χ2n) is 5.29. The quantitative estimate of drug-likeness (QED) is 0.705. The number of fused-ring (bicyclic) bond motifs is 1. The van der Waals surface area contributed by atoms with Crippen LogP contribution >= 0.6 is 11.6 Å². The summed E-state index contributed by atoms with van der Waals surface area (Å²) >= 11 is 5.94. The van der Waals surface area contributed by atoms with Gasteiger partial charge < -0.3 is 0 Å². The van der Waals surface area contributed by atoms with Crippen LogP contribution in [0.4, 0.5) is 0 Å². The first-order valence-corrected chi connectivity index (χ1v) is 5.72. The van der Waals surface area contributed by atoms with E-state index in [4.69, 9.17) is 11.6 Å². The predicted octanol–water partition coefficient (Wildman–Crippen LogP) is 2.02. The molecule has 1 unspecified atom stereocenters. The molecule has 0 saturated carbocycles. The molecule has 0 aromatic heterocycles. The summed E-state index contributed by atoms with van der Waals surface area (Å²) in [4.78, 5) is 16.4. The third-order valence-electron chi connectivity index (χ3n) is 2.78. The highest BCUT2D eigenvalue weighted by Crippen LogP contribution is 2.30. The van der Waals surface area contributed by atoms with Gasteiger partial charge in [0.2, 0.25) is 0 Å². The fraction of sp³-hybridized carbons (Fsp3) is 0.636. The highest BCUT2D eigenvalue weighted by Gasteiger charge is 2.39. The second-order valence-corrected chi connectivity index (χ2v) is 5.67. The molecule has 0 aromatic rings. The summed E-state index contributed by atoms with van der Waals surface area (Å²) in [6, 6.07) is 0. The van der Waals surface area contributed by atoms with Crippen molar-refractivity contribution in [3.8, 4) is 0 Å². The van der Waals surface area contributed by atoms with Gasteiger partial charge in [-0.3, -0.25) is 10.2 Å². The lowest BCUT2D eigenvalue weighted by Gasteiger charge is -2.29. The topological polar surface area (TPSA) is 44.7 Å². The summed E-state index contributed by atoms with van der Waals surface area (Å²) in [5.41, 5.74) is 3.87. The van der Waals surface area contributed by atoms with Crippen LogP contribution in [-0.4, -0.2) is 22.9 Å². The Morgan fingerprint density at radius 3 is 2.69 bits per heavy atom. The van der Waals surface area contributed by atoms with E-state index in [2.05, 4.69) is 31.2 Å². The van der Waals surface area contributed by atoms with Crippen molar-refractivity contribution in [1.29, 1.82) is 0 Å². The summed E-state index contributed by atoms with van der Waals surface area (Å²) in [7, 11) is 0. The van der Waals surface area contributed by atoms with Crippen molar-refractivity contribution in [3.05, 3.63) is 10.6 Å². The first-order chi connectivity index (χ1) is 7.30. The molecule has 0 radical (unpaired) electrons. The maximum absolute atomic E-state index is 11.9. The van der Waals surface area contributed by atoms with Crippen LogP contribution in [0.2, 0.25) is 0 Å². The van der Waals surface area contributed by atoms with Crippen LogP contribution in [-0.2, 0) is 4.79 Å². The lowest BCUT2D eigenvalue weighted by molar-refractivity contribution is -0.130. The Hall–Kier alpha value is -1.03. The molecule has 0 aliphatic carbocycles. The van der Waals surface area contributed by atoms with Crippen molar-refractivity contribution in [3.63, 3.8) is 0 Å². The van der Waals surface area contributed by atoms with Gasteiger partial charge in [0.1, 0.15) is 17.0 Å². The molecule has 2 heterocycles. The molecule has 5 heteroatoms. The van der Waals surface area contributed by atoms with Crippen LogP contribution in [0, 0.1) is 5.41 Å². The largest absolute Gasteiger partial charge is 0.285 e. The maximum Gasteiger partial charge on any atom is 0.285 e. The minimum absolute atomic E-state index is 0.0853. The number of rotatable bonds is 0. The zero-order valence-electron chi connectivity index (χ0n) is 9.97. The fourth-order valence-corrected chi connectivity index (χ4v) is 1.93. The van der Waals surface area contributed by atoms with Crippen LogP contribution in [0.15, 0.2) is 15.6 Å². The van der Waals surface area contributed by atoms with Gasteiger partial charge in [0, 0.05) is 11.8 Å². The number of amidine groups is 1. The first kappa shape index (κ1) is 11.5. The van der Waals surface area contributed by atoms with E-state index in [1.807, 2.05) is 6.92 Å². The Balaban J connectivity index is 2.28. The number of carbonyl (C=O) groups excluding carboxylic acids is 1. The van der Waals surface area contributed by atoms with Crippen molar-refractivity contribution in [1.82, 2.24) is 10.4 Å². The number of aliphatic imine (C=N–C) groups is 1. The molecular formula is C11H16ClN3O. The van der Waals surface area contributed by atoms with E-state index in [-0.39, 0.29) is 17.5 Å². The van der Waals surface area contributed by atoms with Gasteiger partial charge in [-0.25, -0.2) is 10.0 Å². The van der Waals surface area contributed by atoms with Gasteiger partial charge in [-0.2, -0.15) is 0 Å². The summed E-state index contributed by atoms with van der Waals surface area (Å²) in [5.74, 6) is 0.656. The average Bonchev–Trinajstić information content (AvgIpc) is 2.57. The fourth-order valence-electron chi connectivity index (χ4n) is 1.76. The molecule has 0 saturated heterocycles. The van der Waals surface area contributed by atoms with Crippen molar-refractivity contribution in [2.75, 3.05) is 0 Å². The molecule has 2 aliphatic heterocycles. The normalized spacial score (nSPS) is 25.6. The third-order valence-corrected chi connectivity index (χ3v) is 3.27. The van der Waals surface area contributed by atoms with Gasteiger partial charge in [-0.15, -0.1) is 0 Å².